The Morgan fingerprint density at radius 2 is 1.54 bits per heavy atom. The molecule has 1 aliphatic rings. The topological polar surface area (TPSA) is 0 Å². The van der Waals surface area contributed by atoms with Crippen molar-refractivity contribution in [2.75, 3.05) is 0 Å². The van der Waals surface area contributed by atoms with Gasteiger partial charge in [0.1, 0.15) is 0 Å². The minimum absolute atomic E-state index is 0. The summed E-state index contributed by atoms with van der Waals surface area (Å²) >= 11 is 3.64. The first-order valence-corrected chi connectivity index (χ1v) is 14.1. The van der Waals surface area contributed by atoms with Crippen LogP contribution in [0.5, 0.6) is 0 Å². The van der Waals surface area contributed by atoms with Crippen LogP contribution in [0, 0.1) is 34.8 Å². The summed E-state index contributed by atoms with van der Waals surface area (Å²) in [6.45, 7) is 8.55. The second kappa shape index (κ2) is 16.8. The van der Waals surface area contributed by atoms with Gasteiger partial charge in [-0.2, -0.15) is 11.1 Å². The molecule has 0 spiro atoms. The Kier molecular flexibility index (Phi) is 22.4. The first-order chi connectivity index (χ1) is 9.58. The van der Waals surface area contributed by atoms with Crippen molar-refractivity contribution in [2.45, 2.75) is 34.1 Å². The summed E-state index contributed by atoms with van der Waals surface area (Å²) in [7, 11) is 0. The molecule has 0 N–H and O–H groups in total. The molecule has 0 nitrogen and oxygen atoms in total. The number of hydrogen-bond acceptors (Lipinski definition) is 0. The number of aryl methyl sites for hydroxylation is 2. The molecule has 0 saturated heterocycles. The zero-order valence-electron chi connectivity index (χ0n) is 15.5. The molecule has 0 unspecified atom stereocenters. The molecule has 0 saturated carbocycles. The summed E-state index contributed by atoms with van der Waals surface area (Å²) in [6, 6.07) is 10.8. The van der Waals surface area contributed by atoms with Gasteiger partial charge in [0.15, 0.2) is 0 Å². The van der Waals surface area contributed by atoms with E-state index in [1.807, 2.05) is 0 Å². The van der Waals surface area contributed by atoms with Crippen LogP contribution >= 0.6 is 24.8 Å². The van der Waals surface area contributed by atoms with Crippen molar-refractivity contribution in [3.8, 4) is 0 Å². The fourth-order valence-corrected chi connectivity index (χ4v) is 2.27. The summed E-state index contributed by atoms with van der Waals surface area (Å²) in [5.41, 5.74) is 5.53. The third-order valence-electron chi connectivity index (χ3n) is 3.44. The number of hydrogen-bond donors (Lipinski definition) is 0. The molecule has 0 fully saturated rings. The van der Waals surface area contributed by atoms with E-state index < -0.39 is 0 Å². The van der Waals surface area contributed by atoms with Gasteiger partial charge >= 0.3 is 33.7 Å². The van der Waals surface area contributed by atoms with E-state index in [9.17, 15) is 0 Å². The molecule has 0 amide bonds. The van der Waals surface area contributed by atoms with Crippen molar-refractivity contribution in [3.05, 3.63) is 79.6 Å². The Bertz CT molecular complexity index is 642. The van der Waals surface area contributed by atoms with Crippen LogP contribution in [0.15, 0.2) is 47.6 Å². The van der Waals surface area contributed by atoms with Gasteiger partial charge in [-0.15, -0.1) is 71.8 Å². The summed E-state index contributed by atoms with van der Waals surface area (Å²) in [5, 5.41) is 2.76. The van der Waals surface area contributed by atoms with E-state index in [1.165, 1.54) is 33.0 Å². The van der Waals surface area contributed by atoms with Crippen LogP contribution in [0.2, 0.25) is 0 Å². The summed E-state index contributed by atoms with van der Waals surface area (Å²) in [6.07, 6.45) is 6.41. The average molecular weight is 503 g/mol. The van der Waals surface area contributed by atoms with Crippen LogP contribution in [0.3, 0.4) is 0 Å². The van der Waals surface area contributed by atoms with E-state index in [0.717, 1.165) is 6.42 Å². The fraction of sp³-hybridized carbons (Fsp3) is 0.250. The molecule has 0 atom stereocenters. The predicted molar refractivity (Wildman–Crippen MR) is 113 cm³/mol. The van der Waals surface area contributed by atoms with E-state index in [2.05, 4.69) is 82.3 Å². The molecule has 4 heteroatoms. The first-order valence-electron chi connectivity index (χ1n) is 6.69. The third kappa shape index (κ3) is 9.71. The zero-order chi connectivity index (χ0) is 15.1. The SMILES string of the molecule is CC1=[C-]CC(C)=C1.Cc1[cH-]c2ccccc2c1C.Cl.Cl.[CH3-].[CH3-].[Ge]=[Zr]. The first kappa shape index (κ1) is 32.0. The molecule has 0 aliphatic heterocycles. The van der Waals surface area contributed by atoms with Crippen molar-refractivity contribution in [1.29, 1.82) is 0 Å². The van der Waals surface area contributed by atoms with Crippen molar-refractivity contribution in [2.24, 2.45) is 0 Å². The summed E-state index contributed by atoms with van der Waals surface area (Å²) in [5.74, 6) is 0. The molecule has 0 bridgehead atoms. The van der Waals surface area contributed by atoms with Gasteiger partial charge in [0.25, 0.3) is 0 Å². The second-order valence-electron chi connectivity index (χ2n) is 5.07. The maximum atomic E-state index is 3.19. The van der Waals surface area contributed by atoms with Gasteiger partial charge in [0, 0.05) is 0 Å². The standard InChI is InChI=1S/C11H11.C7H9.2CH3.2ClH.Ge.Zr/c1-8-7-10-5-3-4-6-11(10)9(8)2;1-6-3-4-7(2)5-6;;;;;;/h3-7H,1-2H3;5H,3H2,1-2H3;2*1H3;2*1H;;/q4*-1;;;;. The van der Waals surface area contributed by atoms with Gasteiger partial charge in [-0.3, -0.25) is 6.08 Å². The molecule has 3 rings (SSSR count). The van der Waals surface area contributed by atoms with Crippen LogP contribution < -0.4 is 0 Å². The molecule has 0 heterocycles. The molecule has 2 radical (unpaired) electrons. The van der Waals surface area contributed by atoms with Gasteiger partial charge in [-0.25, -0.2) is 11.6 Å². The fourth-order valence-electron chi connectivity index (χ4n) is 2.27. The number of allylic oxidation sites excluding steroid dienone is 4. The molecular formula is C20H28Cl2GeZr-4. The Morgan fingerprint density at radius 1 is 1.00 bits per heavy atom. The summed E-state index contributed by atoms with van der Waals surface area (Å²) < 4.78 is 0. The average Bonchev–Trinajstić information content (AvgIpc) is 2.97. The van der Waals surface area contributed by atoms with Gasteiger partial charge in [0.05, 0.1) is 0 Å². The monoisotopic (exact) mass is 502 g/mol. The van der Waals surface area contributed by atoms with Crippen molar-refractivity contribution >= 4 is 47.7 Å². The van der Waals surface area contributed by atoms with E-state index in [0.29, 0.717) is 0 Å². The second-order valence-corrected chi connectivity index (χ2v) is 5.07. The van der Waals surface area contributed by atoms with E-state index in [4.69, 9.17) is 0 Å². The Hall–Kier alpha value is 0.316. The van der Waals surface area contributed by atoms with E-state index >= 15 is 0 Å². The summed E-state index contributed by atoms with van der Waals surface area (Å²) in [4.78, 5) is 0. The Balaban J connectivity index is -0.000000138. The number of fused-ring (bicyclic) bond motifs is 1. The maximum absolute atomic E-state index is 3.19. The minimum atomic E-state index is 0. The molecule has 2 aromatic carbocycles. The molecule has 24 heavy (non-hydrogen) atoms. The van der Waals surface area contributed by atoms with Crippen molar-refractivity contribution < 1.29 is 21.6 Å². The van der Waals surface area contributed by atoms with Gasteiger partial charge in [0.2, 0.25) is 0 Å². The molecule has 0 aromatic heterocycles. The van der Waals surface area contributed by atoms with Crippen molar-refractivity contribution in [3.63, 3.8) is 0 Å². The Morgan fingerprint density at radius 3 is 1.92 bits per heavy atom. The van der Waals surface area contributed by atoms with Gasteiger partial charge in [-0.1, -0.05) is 33.8 Å². The molecule has 134 valence electrons. The van der Waals surface area contributed by atoms with E-state index in [-0.39, 0.29) is 39.7 Å². The Labute approximate surface area is 181 Å². The predicted octanol–water partition coefficient (Wildman–Crippen LogP) is 6.62. The van der Waals surface area contributed by atoms with Crippen molar-refractivity contribution in [1.82, 2.24) is 0 Å². The molecule has 2 aromatic rings. The normalized spacial score (nSPS) is 10.6. The van der Waals surface area contributed by atoms with Crippen LogP contribution in [0.25, 0.3) is 10.8 Å². The third-order valence-corrected chi connectivity index (χ3v) is 3.44. The molecular weight excluding hydrogens is 475 g/mol. The van der Waals surface area contributed by atoms with E-state index in [1.54, 1.807) is 21.6 Å². The van der Waals surface area contributed by atoms with Gasteiger partial charge in [-0.05, 0) is 0 Å². The van der Waals surface area contributed by atoms with Crippen LogP contribution in [-0.4, -0.2) is 12.1 Å². The quantitative estimate of drug-likeness (QED) is 0.280. The van der Waals surface area contributed by atoms with Gasteiger partial charge < -0.3 is 14.9 Å². The zero-order valence-corrected chi connectivity index (χ0v) is 21.7. The number of halogens is 2. The number of rotatable bonds is 0. The van der Waals surface area contributed by atoms with Crippen LogP contribution in [0.4, 0.5) is 0 Å². The van der Waals surface area contributed by atoms with Crippen LogP contribution in [0.1, 0.15) is 31.4 Å². The van der Waals surface area contributed by atoms with Crippen LogP contribution in [-0.2, 0) is 21.6 Å². The molecule has 1 aliphatic carbocycles. The number of benzene rings is 1.